The van der Waals surface area contributed by atoms with Crippen LogP contribution in [-0.4, -0.2) is 35.3 Å². The Kier molecular flexibility index (Phi) is 4.72. The Morgan fingerprint density at radius 1 is 1.28 bits per heavy atom. The third-order valence-corrected chi connectivity index (χ3v) is 5.55. The summed E-state index contributed by atoms with van der Waals surface area (Å²) in [4.78, 5) is 21.3. The maximum Gasteiger partial charge on any atom is 0.227 e. The Bertz CT molecular complexity index is 1390. The zero-order chi connectivity index (χ0) is 22.4. The molecule has 0 aliphatic heterocycles. The van der Waals surface area contributed by atoms with Gasteiger partial charge in [-0.15, -0.1) is 0 Å². The van der Waals surface area contributed by atoms with Gasteiger partial charge < -0.3 is 10.4 Å². The first kappa shape index (κ1) is 19.9. The highest BCUT2D eigenvalue weighted by atomic mass is 16.3. The number of hydrogen-bond acceptors (Lipinski definition) is 6. The average molecular weight is 427 g/mol. The topological polar surface area (TPSA) is 122 Å². The third-order valence-electron chi connectivity index (χ3n) is 5.55. The van der Waals surface area contributed by atoms with Gasteiger partial charge in [0.25, 0.3) is 0 Å². The van der Waals surface area contributed by atoms with Gasteiger partial charge in [-0.3, -0.25) is 9.36 Å². The molecule has 5 rings (SSSR count). The van der Waals surface area contributed by atoms with E-state index in [1.54, 1.807) is 36.1 Å². The summed E-state index contributed by atoms with van der Waals surface area (Å²) < 4.78 is 3.40. The second-order valence-electron chi connectivity index (χ2n) is 8.03. The van der Waals surface area contributed by atoms with Crippen molar-refractivity contribution in [2.24, 2.45) is 5.92 Å². The maximum atomic E-state index is 12.1. The molecule has 1 fully saturated rings. The van der Waals surface area contributed by atoms with Crippen LogP contribution in [0.4, 0.5) is 5.69 Å². The Hall–Kier alpha value is -4.03. The monoisotopic (exact) mass is 427 g/mol. The highest BCUT2D eigenvalue weighted by molar-refractivity contribution is 5.95. The number of carbonyl (C=O) groups is 1. The zero-order valence-corrected chi connectivity index (χ0v) is 17.6. The van der Waals surface area contributed by atoms with E-state index >= 15 is 0 Å². The summed E-state index contributed by atoms with van der Waals surface area (Å²) in [6.07, 6.45) is 2.80. The number of carbonyl (C=O) groups excluding carboxylic acids is 1. The van der Waals surface area contributed by atoms with E-state index in [2.05, 4.69) is 15.4 Å². The van der Waals surface area contributed by atoms with E-state index < -0.39 is 6.10 Å². The molecule has 160 valence electrons. The molecule has 3 heterocycles. The lowest BCUT2D eigenvalue weighted by atomic mass is 10.1. The van der Waals surface area contributed by atoms with Crippen molar-refractivity contribution in [2.75, 3.05) is 5.32 Å². The number of amides is 1. The van der Waals surface area contributed by atoms with Gasteiger partial charge in [-0.1, -0.05) is 0 Å². The molecular formula is C23H21N7O2. The fourth-order valence-corrected chi connectivity index (χ4v) is 3.69. The smallest absolute Gasteiger partial charge is 0.227 e. The fraction of sp³-hybridized carbons (Fsp3) is 0.261. The van der Waals surface area contributed by atoms with Gasteiger partial charge in [-0.2, -0.15) is 10.4 Å². The minimum atomic E-state index is -0.766. The molecule has 0 saturated heterocycles. The zero-order valence-electron chi connectivity index (χ0n) is 17.6. The number of nitriles is 1. The van der Waals surface area contributed by atoms with E-state index in [0.717, 1.165) is 29.6 Å². The number of benzene rings is 1. The Morgan fingerprint density at radius 2 is 2.09 bits per heavy atom. The predicted octanol–water partition coefficient (Wildman–Crippen LogP) is 3.19. The lowest BCUT2D eigenvalue weighted by Crippen LogP contribution is -2.13. The summed E-state index contributed by atoms with van der Waals surface area (Å²) in [6, 6.07) is 12.9. The molecule has 1 amide bonds. The minimum Gasteiger partial charge on any atom is -0.389 e. The SMILES string of the molecule is Cc1cc(C#N)nn1-c1nc(-n2cnc3cc(NC(=O)C4CC4)ccc32)ccc1C(C)O. The number of anilines is 1. The van der Waals surface area contributed by atoms with Crippen LogP contribution < -0.4 is 5.32 Å². The predicted molar refractivity (Wildman–Crippen MR) is 117 cm³/mol. The number of fused-ring (bicyclic) bond motifs is 1. The van der Waals surface area contributed by atoms with Crippen LogP contribution in [0, 0.1) is 24.2 Å². The van der Waals surface area contributed by atoms with Crippen LogP contribution in [0.15, 0.2) is 42.7 Å². The number of aliphatic hydroxyl groups excluding tert-OH is 1. The van der Waals surface area contributed by atoms with Crippen LogP contribution in [0.3, 0.4) is 0 Å². The van der Waals surface area contributed by atoms with Crippen molar-refractivity contribution in [1.29, 1.82) is 5.26 Å². The summed E-state index contributed by atoms with van der Waals surface area (Å²) >= 11 is 0. The molecule has 3 aromatic heterocycles. The molecule has 1 aromatic carbocycles. The van der Waals surface area contributed by atoms with Gasteiger partial charge in [-0.05, 0) is 63.1 Å². The minimum absolute atomic E-state index is 0.0511. The van der Waals surface area contributed by atoms with Gasteiger partial charge in [0.1, 0.15) is 18.2 Å². The number of pyridine rings is 1. The summed E-state index contributed by atoms with van der Waals surface area (Å²) in [7, 11) is 0. The van der Waals surface area contributed by atoms with Crippen molar-refractivity contribution >= 4 is 22.6 Å². The summed E-state index contributed by atoms with van der Waals surface area (Å²) in [5.74, 6) is 1.22. The molecule has 0 spiro atoms. The number of aromatic nitrogens is 5. The quantitative estimate of drug-likeness (QED) is 0.504. The van der Waals surface area contributed by atoms with Gasteiger partial charge in [-0.25, -0.2) is 14.6 Å². The van der Waals surface area contributed by atoms with Crippen molar-refractivity contribution in [3.05, 3.63) is 59.7 Å². The van der Waals surface area contributed by atoms with Gasteiger partial charge in [0, 0.05) is 22.9 Å². The summed E-state index contributed by atoms with van der Waals surface area (Å²) in [5.41, 5.74) is 3.88. The highest BCUT2D eigenvalue weighted by Gasteiger charge is 2.29. The van der Waals surface area contributed by atoms with Gasteiger partial charge in [0.05, 0.1) is 17.1 Å². The molecule has 1 atom stereocenters. The van der Waals surface area contributed by atoms with E-state index in [-0.39, 0.29) is 17.5 Å². The first-order chi connectivity index (χ1) is 15.4. The molecular weight excluding hydrogens is 406 g/mol. The van der Waals surface area contributed by atoms with E-state index in [1.165, 1.54) is 0 Å². The number of nitrogens with one attached hydrogen (secondary N) is 1. The lowest BCUT2D eigenvalue weighted by molar-refractivity contribution is -0.117. The van der Waals surface area contributed by atoms with Crippen LogP contribution >= 0.6 is 0 Å². The number of nitrogens with zero attached hydrogens (tertiary/aromatic N) is 6. The number of aliphatic hydroxyl groups is 1. The first-order valence-electron chi connectivity index (χ1n) is 10.4. The van der Waals surface area contributed by atoms with E-state index in [1.807, 2.05) is 35.8 Å². The van der Waals surface area contributed by atoms with Crippen LogP contribution in [0.25, 0.3) is 22.7 Å². The molecule has 1 aliphatic carbocycles. The standard InChI is InChI=1S/C23H21N7O2/c1-13-9-17(11-24)28-30(13)22-18(14(2)31)6-8-21(27-22)29-12-25-19-10-16(5-7-20(19)29)26-23(32)15-3-4-15/h5-10,12,14-15,31H,3-4H2,1-2H3,(H,26,32). The molecule has 32 heavy (non-hydrogen) atoms. The van der Waals surface area contributed by atoms with Crippen molar-refractivity contribution in [3.8, 4) is 17.7 Å². The second-order valence-corrected chi connectivity index (χ2v) is 8.03. The molecule has 2 N–H and O–H groups in total. The number of aryl methyl sites for hydroxylation is 1. The van der Waals surface area contributed by atoms with Crippen molar-refractivity contribution in [3.63, 3.8) is 0 Å². The highest BCUT2D eigenvalue weighted by Crippen LogP contribution is 2.31. The largest absolute Gasteiger partial charge is 0.389 e. The average Bonchev–Trinajstić information content (AvgIpc) is 3.45. The van der Waals surface area contributed by atoms with E-state index in [0.29, 0.717) is 22.9 Å². The molecule has 9 heteroatoms. The molecule has 1 aliphatic rings. The van der Waals surface area contributed by atoms with E-state index in [9.17, 15) is 15.2 Å². The van der Waals surface area contributed by atoms with Crippen LogP contribution in [0.2, 0.25) is 0 Å². The molecule has 0 bridgehead atoms. The number of imidazole rings is 1. The van der Waals surface area contributed by atoms with Crippen molar-refractivity contribution in [1.82, 2.24) is 24.3 Å². The summed E-state index contributed by atoms with van der Waals surface area (Å²) in [5, 5.41) is 26.7. The molecule has 0 radical (unpaired) electrons. The Labute approximate surface area is 184 Å². The number of hydrogen-bond donors (Lipinski definition) is 2. The first-order valence-corrected chi connectivity index (χ1v) is 10.4. The van der Waals surface area contributed by atoms with Crippen molar-refractivity contribution < 1.29 is 9.90 Å². The molecule has 9 nitrogen and oxygen atoms in total. The van der Waals surface area contributed by atoms with Crippen LogP contribution in [0.1, 0.15) is 42.8 Å². The van der Waals surface area contributed by atoms with Gasteiger partial charge in [0.2, 0.25) is 5.91 Å². The van der Waals surface area contributed by atoms with E-state index in [4.69, 9.17) is 4.98 Å². The molecule has 4 aromatic rings. The van der Waals surface area contributed by atoms with Crippen LogP contribution in [-0.2, 0) is 4.79 Å². The maximum absolute atomic E-state index is 12.1. The van der Waals surface area contributed by atoms with Crippen molar-refractivity contribution in [2.45, 2.75) is 32.8 Å². The normalized spacial score (nSPS) is 14.3. The molecule has 1 saturated carbocycles. The van der Waals surface area contributed by atoms with Crippen LogP contribution in [0.5, 0.6) is 0 Å². The lowest BCUT2D eigenvalue weighted by Gasteiger charge is -2.14. The Morgan fingerprint density at radius 3 is 2.78 bits per heavy atom. The fourth-order valence-electron chi connectivity index (χ4n) is 3.69. The van der Waals surface area contributed by atoms with Gasteiger partial charge >= 0.3 is 0 Å². The Balaban J connectivity index is 1.56. The molecule has 1 unspecified atom stereocenters. The second kappa shape index (κ2) is 7.59. The summed E-state index contributed by atoms with van der Waals surface area (Å²) in [6.45, 7) is 3.49. The number of rotatable bonds is 5. The van der Waals surface area contributed by atoms with Gasteiger partial charge in [0.15, 0.2) is 11.5 Å². The third kappa shape index (κ3) is 3.50.